The van der Waals surface area contributed by atoms with Gasteiger partial charge in [-0.25, -0.2) is 0 Å². The minimum atomic E-state index is 0.995. The smallest absolute Gasteiger partial charge is 0.0351 e. The Morgan fingerprint density at radius 1 is 0.609 bits per heavy atom. The van der Waals surface area contributed by atoms with Crippen molar-refractivity contribution in [3.8, 4) is 0 Å². The Morgan fingerprint density at radius 2 is 1.13 bits per heavy atom. The molecule has 0 amide bonds. The van der Waals surface area contributed by atoms with Gasteiger partial charge in [-0.1, -0.05) is 116 Å². The number of hydrogen-bond donors (Lipinski definition) is 0. The summed E-state index contributed by atoms with van der Waals surface area (Å²) in [6, 6.07) is 0. The summed E-state index contributed by atoms with van der Waals surface area (Å²) >= 11 is 0. The molecule has 1 unspecified atom stereocenters. The van der Waals surface area contributed by atoms with E-state index in [4.69, 9.17) is 0 Å². The monoisotopic (exact) mass is 320 g/mol. The van der Waals surface area contributed by atoms with Gasteiger partial charge in [-0.3, -0.25) is 0 Å². The Morgan fingerprint density at radius 3 is 1.74 bits per heavy atom. The fraction of sp³-hybridized carbons (Fsp3) is 0.826. The predicted octanol–water partition coefficient (Wildman–Crippen LogP) is 8.48. The van der Waals surface area contributed by atoms with Gasteiger partial charge in [0.15, 0.2) is 0 Å². The lowest BCUT2D eigenvalue weighted by molar-refractivity contribution is 0.381. The minimum Gasteiger partial charge on any atom is -0.0885 e. The van der Waals surface area contributed by atoms with E-state index in [1.165, 1.54) is 96.3 Å². The number of allylic oxidation sites excluding steroid dienone is 2. The van der Waals surface area contributed by atoms with Crippen LogP contribution >= 0.6 is 0 Å². The summed E-state index contributed by atoms with van der Waals surface area (Å²) in [5.74, 6) is 0.995. The molecule has 0 aliphatic rings. The summed E-state index contributed by atoms with van der Waals surface area (Å²) in [6.07, 6.45) is 27.7. The first-order valence-corrected chi connectivity index (χ1v) is 10.6. The van der Waals surface area contributed by atoms with Crippen LogP contribution in [-0.4, -0.2) is 0 Å². The van der Waals surface area contributed by atoms with Crippen molar-refractivity contribution in [2.45, 2.75) is 116 Å². The molecule has 0 bridgehead atoms. The third-order valence-electron chi connectivity index (χ3n) is 4.83. The molecule has 0 aliphatic carbocycles. The summed E-state index contributed by atoms with van der Waals surface area (Å²) < 4.78 is 0. The van der Waals surface area contributed by atoms with Crippen molar-refractivity contribution in [1.82, 2.24) is 0 Å². The Balaban J connectivity index is 3.52. The maximum absolute atomic E-state index is 3.92. The lowest BCUT2D eigenvalue weighted by Gasteiger charge is -2.15. The summed E-state index contributed by atoms with van der Waals surface area (Å²) in [4.78, 5) is 0. The third-order valence-corrected chi connectivity index (χ3v) is 4.83. The molecule has 0 spiro atoms. The van der Waals surface area contributed by atoms with Crippen LogP contribution in [0.4, 0.5) is 0 Å². The zero-order valence-corrected chi connectivity index (χ0v) is 16.2. The average Bonchev–Trinajstić information content (AvgIpc) is 2.56. The first-order chi connectivity index (χ1) is 11.3. The normalized spacial score (nSPS) is 13.0. The van der Waals surface area contributed by atoms with Gasteiger partial charge in [-0.15, -0.1) is 0 Å². The van der Waals surface area contributed by atoms with E-state index in [9.17, 15) is 0 Å². The van der Waals surface area contributed by atoms with Crippen LogP contribution in [-0.2, 0) is 0 Å². The minimum absolute atomic E-state index is 0.995. The van der Waals surface area contributed by atoms with Crippen LogP contribution in [0.25, 0.3) is 0 Å². The molecule has 1 atom stereocenters. The van der Waals surface area contributed by atoms with Crippen molar-refractivity contribution in [1.29, 1.82) is 0 Å². The molecule has 23 heavy (non-hydrogen) atoms. The Kier molecular flexibility index (Phi) is 19.6. The second kappa shape index (κ2) is 19.8. The Hall–Kier alpha value is -0.260. The second-order valence-corrected chi connectivity index (χ2v) is 7.17. The summed E-state index contributed by atoms with van der Waals surface area (Å²) in [7, 11) is 0. The van der Waals surface area contributed by atoms with Crippen LogP contribution in [0.2, 0.25) is 0 Å². The van der Waals surface area contributed by atoms with E-state index in [0.717, 1.165) is 18.8 Å². The van der Waals surface area contributed by atoms with Crippen LogP contribution in [0.3, 0.4) is 0 Å². The van der Waals surface area contributed by atoms with Crippen molar-refractivity contribution in [3.63, 3.8) is 0 Å². The second-order valence-electron chi connectivity index (χ2n) is 7.17. The molecule has 136 valence electrons. The molecule has 0 aliphatic heterocycles. The van der Waals surface area contributed by atoms with E-state index in [1.54, 1.807) is 0 Å². The lowest BCUT2D eigenvalue weighted by Crippen LogP contribution is -2.00. The summed E-state index contributed by atoms with van der Waals surface area (Å²) in [5.41, 5.74) is 0. The van der Waals surface area contributed by atoms with Gasteiger partial charge in [0.1, 0.15) is 0 Å². The van der Waals surface area contributed by atoms with Gasteiger partial charge in [-0.05, 0) is 31.6 Å². The molecule has 0 fully saturated rings. The first-order valence-electron chi connectivity index (χ1n) is 10.6. The highest BCUT2D eigenvalue weighted by molar-refractivity contribution is 4.81. The Bertz CT molecular complexity index is 228. The van der Waals surface area contributed by atoms with Gasteiger partial charge in [0.2, 0.25) is 0 Å². The molecule has 0 heteroatoms. The lowest BCUT2D eigenvalue weighted by atomic mass is 9.91. The molecule has 0 saturated carbocycles. The van der Waals surface area contributed by atoms with Crippen molar-refractivity contribution in [2.24, 2.45) is 5.92 Å². The third kappa shape index (κ3) is 17.9. The summed E-state index contributed by atoms with van der Waals surface area (Å²) in [6.45, 7) is 10.1. The molecule has 2 radical (unpaired) electrons. The van der Waals surface area contributed by atoms with Gasteiger partial charge < -0.3 is 0 Å². The van der Waals surface area contributed by atoms with E-state index in [1.807, 2.05) is 0 Å². The van der Waals surface area contributed by atoms with Crippen molar-refractivity contribution < 1.29 is 0 Å². The number of rotatable bonds is 18. The molecule has 0 aromatic rings. The SMILES string of the molecule is [CH2]CCC/C=C/CCCCC(CCC)CCCCCCCC[CH2]. The van der Waals surface area contributed by atoms with E-state index in [2.05, 4.69) is 32.9 Å². The highest BCUT2D eigenvalue weighted by Crippen LogP contribution is 2.22. The highest BCUT2D eigenvalue weighted by Gasteiger charge is 2.07. The molecule has 0 saturated heterocycles. The van der Waals surface area contributed by atoms with Gasteiger partial charge in [0, 0.05) is 0 Å². The fourth-order valence-electron chi connectivity index (χ4n) is 3.35. The van der Waals surface area contributed by atoms with Gasteiger partial charge in [0.05, 0.1) is 0 Å². The Labute approximate surface area is 148 Å². The van der Waals surface area contributed by atoms with Crippen molar-refractivity contribution >= 4 is 0 Å². The van der Waals surface area contributed by atoms with E-state index >= 15 is 0 Å². The van der Waals surface area contributed by atoms with Crippen molar-refractivity contribution in [2.75, 3.05) is 0 Å². The van der Waals surface area contributed by atoms with Crippen LogP contribution in [0, 0.1) is 19.8 Å². The first kappa shape index (κ1) is 22.7. The zero-order valence-electron chi connectivity index (χ0n) is 16.2. The molecule has 0 rings (SSSR count). The van der Waals surface area contributed by atoms with Crippen LogP contribution < -0.4 is 0 Å². The maximum atomic E-state index is 3.92. The molecule has 0 aromatic carbocycles. The molecule has 0 heterocycles. The molecular weight excluding hydrogens is 276 g/mol. The van der Waals surface area contributed by atoms with Crippen molar-refractivity contribution in [3.05, 3.63) is 26.0 Å². The summed E-state index contributed by atoms with van der Waals surface area (Å²) in [5, 5.41) is 0. The van der Waals surface area contributed by atoms with E-state index in [0.29, 0.717) is 0 Å². The molecule has 0 nitrogen and oxygen atoms in total. The predicted molar refractivity (Wildman–Crippen MR) is 108 cm³/mol. The van der Waals surface area contributed by atoms with Crippen LogP contribution in [0.15, 0.2) is 12.2 Å². The van der Waals surface area contributed by atoms with Gasteiger partial charge >= 0.3 is 0 Å². The van der Waals surface area contributed by atoms with E-state index < -0.39 is 0 Å². The van der Waals surface area contributed by atoms with Crippen LogP contribution in [0.1, 0.15) is 116 Å². The fourth-order valence-corrected chi connectivity index (χ4v) is 3.35. The van der Waals surface area contributed by atoms with Gasteiger partial charge in [0.25, 0.3) is 0 Å². The largest absolute Gasteiger partial charge is 0.0885 e. The molecule has 0 N–H and O–H groups in total. The average molecular weight is 321 g/mol. The zero-order chi connectivity index (χ0) is 17.0. The quantitative estimate of drug-likeness (QED) is 0.175. The molecular formula is C23H44. The highest BCUT2D eigenvalue weighted by atomic mass is 14.1. The maximum Gasteiger partial charge on any atom is -0.0351 e. The van der Waals surface area contributed by atoms with Gasteiger partial charge in [-0.2, -0.15) is 0 Å². The van der Waals surface area contributed by atoms with E-state index in [-0.39, 0.29) is 0 Å². The number of hydrogen-bond acceptors (Lipinski definition) is 0. The molecule has 0 aromatic heterocycles. The topological polar surface area (TPSA) is 0 Å². The standard InChI is InChI=1S/C23H44/c1-4-7-9-11-13-15-17-19-22-23(20-6-3)21-18-16-14-12-10-8-5-2/h11,13,23H,1-2,4-10,12,14-22H2,3H3/b13-11+. The van der Waals surface area contributed by atoms with Crippen LogP contribution in [0.5, 0.6) is 0 Å². The number of unbranched alkanes of at least 4 members (excludes halogenated alkanes) is 10.